The van der Waals surface area contributed by atoms with Crippen molar-refractivity contribution in [2.45, 2.75) is 52.2 Å². The summed E-state index contributed by atoms with van der Waals surface area (Å²) in [6, 6.07) is 0. The predicted octanol–water partition coefficient (Wildman–Crippen LogP) is 2.21. The lowest BCUT2D eigenvalue weighted by atomic mass is 9.95. The molecule has 2 heteroatoms. The molecular formula is C11H22O2. The maximum absolute atomic E-state index is 8.77. The third-order valence-electron chi connectivity index (χ3n) is 3.13. The van der Waals surface area contributed by atoms with Crippen LogP contribution in [0.15, 0.2) is 0 Å². The van der Waals surface area contributed by atoms with E-state index in [1.54, 1.807) is 0 Å². The summed E-state index contributed by atoms with van der Waals surface area (Å²) in [5.41, 5.74) is 0. The minimum atomic E-state index is 0.305. The van der Waals surface area contributed by atoms with Crippen molar-refractivity contribution >= 4 is 0 Å². The zero-order chi connectivity index (χ0) is 9.84. The summed E-state index contributed by atoms with van der Waals surface area (Å²) >= 11 is 0. The summed E-state index contributed by atoms with van der Waals surface area (Å²) in [6.45, 7) is 6.90. The lowest BCUT2D eigenvalue weighted by molar-refractivity contribution is 0.0335. The zero-order valence-electron chi connectivity index (χ0n) is 8.99. The molecule has 1 N–H and O–H groups in total. The highest BCUT2D eigenvalue weighted by molar-refractivity contribution is 4.77. The van der Waals surface area contributed by atoms with E-state index in [9.17, 15) is 0 Å². The van der Waals surface area contributed by atoms with Gasteiger partial charge in [-0.15, -0.1) is 0 Å². The Morgan fingerprint density at radius 1 is 1.46 bits per heavy atom. The first kappa shape index (κ1) is 11.0. The lowest BCUT2D eigenvalue weighted by Crippen LogP contribution is -2.13. The molecular weight excluding hydrogens is 164 g/mol. The number of aliphatic hydroxyl groups is 1. The van der Waals surface area contributed by atoms with Gasteiger partial charge in [0.1, 0.15) is 0 Å². The van der Waals surface area contributed by atoms with Gasteiger partial charge in [-0.05, 0) is 38.0 Å². The summed E-state index contributed by atoms with van der Waals surface area (Å²) in [7, 11) is 0. The fraction of sp³-hybridized carbons (Fsp3) is 1.00. The summed E-state index contributed by atoms with van der Waals surface area (Å²) in [4.78, 5) is 0. The maximum Gasteiger partial charge on any atom is 0.0585 e. The van der Waals surface area contributed by atoms with Crippen LogP contribution in [0.2, 0.25) is 0 Å². The molecule has 2 nitrogen and oxygen atoms in total. The quantitative estimate of drug-likeness (QED) is 0.729. The van der Waals surface area contributed by atoms with Gasteiger partial charge in [-0.1, -0.05) is 13.8 Å². The minimum Gasteiger partial charge on any atom is -0.396 e. The van der Waals surface area contributed by atoms with Crippen molar-refractivity contribution in [2.24, 2.45) is 11.8 Å². The van der Waals surface area contributed by atoms with Gasteiger partial charge in [-0.2, -0.15) is 0 Å². The van der Waals surface area contributed by atoms with Crippen molar-refractivity contribution in [1.82, 2.24) is 0 Å². The molecule has 0 aromatic heterocycles. The number of aliphatic hydroxyl groups excluding tert-OH is 1. The molecule has 0 spiro atoms. The van der Waals surface area contributed by atoms with E-state index in [0.717, 1.165) is 12.8 Å². The number of rotatable bonds is 4. The van der Waals surface area contributed by atoms with Crippen LogP contribution >= 0.6 is 0 Å². The Bertz CT molecular complexity index is 137. The molecule has 1 saturated heterocycles. The Hall–Kier alpha value is -0.0800. The Kier molecular flexibility index (Phi) is 4.20. The SMILES string of the molecule is CC(CCO)CC1CC(C)C(C)O1. The van der Waals surface area contributed by atoms with Crippen LogP contribution in [-0.4, -0.2) is 23.9 Å². The van der Waals surface area contributed by atoms with Crippen LogP contribution in [0.25, 0.3) is 0 Å². The van der Waals surface area contributed by atoms with Gasteiger partial charge in [0, 0.05) is 6.61 Å². The van der Waals surface area contributed by atoms with E-state index in [1.165, 1.54) is 6.42 Å². The first-order valence-electron chi connectivity index (χ1n) is 5.39. The van der Waals surface area contributed by atoms with Gasteiger partial charge in [0.05, 0.1) is 12.2 Å². The molecule has 0 bridgehead atoms. The number of hydrogen-bond acceptors (Lipinski definition) is 2. The molecule has 78 valence electrons. The van der Waals surface area contributed by atoms with E-state index < -0.39 is 0 Å². The van der Waals surface area contributed by atoms with Gasteiger partial charge in [-0.25, -0.2) is 0 Å². The van der Waals surface area contributed by atoms with E-state index in [2.05, 4.69) is 20.8 Å². The molecule has 0 aliphatic carbocycles. The molecule has 1 rings (SSSR count). The van der Waals surface area contributed by atoms with Crippen LogP contribution < -0.4 is 0 Å². The average molecular weight is 186 g/mol. The van der Waals surface area contributed by atoms with Gasteiger partial charge < -0.3 is 9.84 Å². The Balaban J connectivity index is 2.23. The Morgan fingerprint density at radius 3 is 2.62 bits per heavy atom. The molecule has 1 aliphatic rings. The maximum atomic E-state index is 8.77. The summed E-state index contributed by atoms with van der Waals surface area (Å²) in [5.74, 6) is 1.29. The first-order chi connectivity index (χ1) is 6.13. The van der Waals surface area contributed by atoms with Crippen LogP contribution in [0.5, 0.6) is 0 Å². The molecule has 1 aliphatic heterocycles. The van der Waals surface area contributed by atoms with E-state index in [4.69, 9.17) is 9.84 Å². The van der Waals surface area contributed by atoms with Crippen molar-refractivity contribution in [3.05, 3.63) is 0 Å². The predicted molar refractivity (Wildman–Crippen MR) is 53.6 cm³/mol. The lowest BCUT2D eigenvalue weighted by Gasteiger charge is -2.15. The smallest absolute Gasteiger partial charge is 0.0585 e. The van der Waals surface area contributed by atoms with E-state index in [-0.39, 0.29) is 0 Å². The van der Waals surface area contributed by atoms with Crippen LogP contribution in [-0.2, 0) is 4.74 Å². The number of hydrogen-bond donors (Lipinski definition) is 1. The highest BCUT2D eigenvalue weighted by atomic mass is 16.5. The molecule has 0 amide bonds. The first-order valence-corrected chi connectivity index (χ1v) is 5.39. The standard InChI is InChI=1S/C11H22O2/c1-8(4-5-12)6-11-7-9(2)10(3)13-11/h8-12H,4-7H2,1-3H3. The van der Waals surface area contributed by atoms with Crippen molar-refractivity contribution in [3.8, 4) is 0 Å². The van der Waals surface area contributed by atoms with Crippen molar-refractivity contribution in [3.63, 3.8) is 0 Å². The Morgan fingerprint density at radius 2 is 2.15 bits per heavy atom. The van der Waals surface area contributed by atoms with E-state index >= 15 is 0 Å². The third kappa shape index (κ3) is 3.28. The second-order valence-corrected chi connectivity index (χ2v) is 4.53. The normalized spacial score (nSPS) is 36.5. The monoisotopic (exact) mass is 186 g/mol. The fourth-order valence-corrected chi connectivity index (χ4v) is 2.04. The average Bonchev–Trinajstić information content (AvgIpc) is 2.31. The molecule has 4 atom stereocenters. The topological polar surface area (TPSA) is 29.5 Å². The highest BCUT2D eigenvalue weighted by Gasteiger charge is 2.29. The second kappa shape index (κ2) is 4.97. The van der Waals surface area contributed by atoms with Gasteiger partial charge in [0.15, 0.2) is 0 Å². The van der Waals surface area contributed by atoms with Crippen LogP contribution in [0.4, 0.5) is 0 Å². The second-order valence-electron chi connectivity index (χ2n) is 4.53. The number of ether oxygens (including phenoxy) is 1. The Labute approximate surface area is 81.3 Å². The van der Waals surface area contributed by atoms with Crippen molar-refractivity contribution in [1.29, 1.82) is 0 Å². The molecule has 1 fully saturated rings. The van der Waals surface area contributed by atoms with Gasteiger partial charge in [-0.3, -0.25) is 0 Å². The molecule has 0 saturated carbocycles. The van der Waals surface area contributed by atoms with Gasteiger partial charge in [0.25, 0.3) is 0 Å². The summed E-state index contributed by atoms with van der Waals surface area (Å²) < 4.78 is 5.81. The molecule has 0 aromatic rings. The van der Waals surface area contributed by atoms with Crippen LogP contribution in [0.1, 0.15) is 40.0 Å². The molecule has 4 unspecified atom stereocenters. The van der Waals surface area contributed by atoms with Crippen molar-refractivity contribution < 1.29 is 9.84 Å². The van der Waals surface area contributed by atoms with Crippen LogP contribution in [0.3, 0.4) is 0 Å². The van der Waals surface area contributed by atoms with E-state index in [0.29, 0.717) is 30.7 Å². The fourth-order valence-electron chi connectivity index (χ4n) is 2.04. The molecule has 13 heavy (non-hydrogen) atoms. The van der Waals surface area contributed by atoms with Gasteiger partial charge in [0.2, 0.25) is 0 Å². The molecule has 0 radical (unpaired) electrons. The summed E-state index contributed by atoms with van der Waals surface area (Å²) in [5, 5.41) is 8.77. The van der Waals surface area contributed by atoms with Gasteiger partial charge >= 0.3 is 0 Å². The summed E-state index contributed by atoms with van der Waals surface area (Å²) in [6.07, 6.45) is 4.06. The van der Waals surface area contributed by atoms with Crippen LogP contribution in [0, 0.1) is 11.8 Å². The molecule has 0 aromatic carbocycles. The van der Waals surface area contributed by atoms with E-state index in [1.807, 2.05) is 0 Å². The largest absolute Gasteiger partial charge is 0.396 e. The highest BCUT2D eigenvalue weighted by Crippen LogP contribution is 2.29. The third-order valence-corrected chi connectivity index (χ3v) is 3.13. The van der Waals surface area contributed by atoms with Crippen molar-refractivity contribution in [2.75, 3.05) is 6.61 Å². The molecule has 1 heterocycles. The zero-order valence-corrected chi connectivity index (χ0v) is 8.99. The minimum absolute atomic E-state index is 0.305.